The van der Waals surface area contributed by atoms with Gasteiger partial charge in [0, 0.05) is 48.8 Å². The van der Waals surface area contributed by atoms with Gasteiger partial charge in [-0.25, -0.2) is 4.98 Å². The number of alkyl halides is 3. The maximum Gasteiger partial charge on any atom is 0.417 e. The highest BCUT2D eigenvalue weighted by molar-refractivity contribution is 6.01. The Hall–Kier alpha value is -3.66. The summed E-state index contributed by atoms with van der Waals surface area (Å²) in [4.78, 5) is 18.9. The van der Waals surface area contributed by atoms with E-state index >= 15 is 0 Å². The van der Waals surface area contributed by atoms with Gasteiger partial charge in [0.15, 0.2) is 0 Å². The number of aryl methyl sites for hydroxylation is 1. The largest absolute Gasteiger partial charge is 0.417 e. The van der Waals surface area contributed by atoms with Crippen LogP contribution in [0.3, 0.4) is 0 Å². The zero-order chi connectivity index (χ0) is 27.1. The number of nitrogens with one attached hydrogen (secondary N) is 2. The van der Waals surface area contributed by atoms with Crippen molar-refractivity contribution in [3.63, 3.8) is 0 Å². The number of nitrogens with zero attached hydrogens (tertiary/aromatic N) is 4. The van der Waals surface area contributed by atoms with Crippen LogP contribution in [0.1, 0.15) is 41.0 Å². The number of fused-ring (bicyclic) bond motifs is 1. The van der Waals surface area contributed by atoms with Gasteiger partial charge in [-0.3, -0.25) is 9.48 Å². The Balaban J connectivity index is 1.39. The normalized spacial score (nSPS) is 21.8. The SMILES string of the molecule is C=C(c1nc(/C=C/CNC(=O)c2cnn(C)c2)cc2c(NC3CC4(CCN(C)C4)C3)cccc12)C(F)(F)F. The van der Waals surface area contributed by atoms with Gasteiger partial charge in [0.2, 0.25) is 0 Å². The van der Waals surface area contributed by atoms with E-state index in [-0.39, 0.29) is 24.2 Å². The molecule has 0 atom stereocenters. The fourth-order valence-corrected chi connectivity index (χ4v) is 5.64. The minimum Gasteiger partial charge on any atom is -0.382 e. The number of benzene rings is 1. The standard InChI is InChI=1S/C28H31F3N6O/c1-18(28(29,30)31)25-22-7-4-8-24(34-21-13-27(14-21)9-11-36(2)17-27)23(22)12-20(35-25)6-5-10-32-26(38)19-15-33-37(3)16-19/h4-8,12,15-16,21,34H,1,9-11,13-14,17H2,2-3H3,(H,32,38)/b6-5+. The van der Waals surface area contributed by atoms with Gasteiger partial charge < -0.3 is 15.5 Å². The summed E-state index contributed by atoms with van der Waals surface area (Å²) in [5.74, 6) is -0.293. The van der Waals surface area contributed by atoms with Crippen molar-refractivity contribution in [3.05, 3.63) is 66.3 Å². The van der Waals surface area contributed by atoms with Crippen LogP contribution in [-0.4, -0.2) is 64.5 Å². The van der Waals surface area contributed by atoms with Gasteiger partial charge in [-0.05, 0) is 56.5 Å². The quantitative estimate of drug-likeness (QED) is 0.461. The van der Waals surface area contributed by atoms with Gasteiger partial charge >= 0.3 is 6.18 Å². The Morgan fingerprint density at radius 2 is 2.05 bits per heavy atom. The number of hydrogen-bond acceptors (Lipinski definition) is 5. The van der Waals surface area contributed by atoms with E-state index in [9.17, 15) is 18.0 Å². The van der Waals surface area contributed by atoms with E-state index in [4.69, 9.17) is 0 Å². The first kappa shape index (κ1) is 26.0. The highest BCUT2D eigenvalue weighted by Gasteiger charge is 2.47. The number of halogens is 3. The van der Waals surface area contributed by atoms with Crippen LogP contribution in [0, 0.1) is 5.41 Å². The van der Waals surface area contributed by atoms with E-state index in [0.29, 0.717) is 27.4 Å². The van der Waals surface area contributed by atoms with Crippen LogP contribution in [0.5, 0.6) is 0 Å². The molecule has 1 aliphatic carbocycles. The Morgan fingerprint density at radius 1 is 1.26 bits per heavy atom. The molecule has 1 aromatic carbocycles. The van der Waals surface area contributed by atoms with E-state index in [2.05, 4.69) is 39.2 Å². The third-order valence-corrected chi connectivity index (χ3v) is 7.51. The summed E-state index contributed by atoms with van der Waals surface area (Å²) >= 11 is 0. The molecular formula is C28H31F3N6O. The molecule has 0 unspecified atom stereocenters. The molecule has 2 N–H and O–H groups in total. The third-order valence-electron chi connectivity index (χ3n) is 7.51. The van der Waals surface area contributed by atoms with Crippen molar-refractivity contribution in [2.45, 2.75) is 31.5 Å². The smallest absolute Gasteiger partial charge is 0.382 e. The van der Waals surface area contributed by atoms with Crippen molar-refractivity contribution < 1.29 is 18.0 Å². The monoisotopic (exact) mass is 524 g/mol. The maximum absolute atomic E-state index is 13.7. The molecule has 1 amide bonds. The molecule has 200 valence electrons. The number of aromatic nitrogens is 3. The molecule has 0 bridgehead atoms. The first-order valence-electron chi connectivity index (χ1n) is 12.6. The van der Waals surface area contributed by atoms with Crippen LogP contribution in [0.2, 0.25) is 0 Å². The first-order chi connectivity index (χ1) is 18.0. The zero-order valence-corrected chi connectivity index (χ0v) is 21.5. The number of anilines is 1. The zero-order valence-electron chi connectivity index (χ0n) is 21.5. The van der Waals surface area contributed by atoms with Crippen LogP contribution in [0.25, 0.3) is 22.4 Å². The van der Waals surface area contributed by atoms with Gasteiger partial charge in [-0.1, -0.05) is 24.8 Å². The lowest BCUT2D eigenvalue weighted by molar-refractivity contribution is -0.0688. The van der Waals surface area contributed by atoms with E-state index in [1.54, 1.807) is 43.6 Å². The summed E-state index contributed by atoms with van der Waals surface area (Å²) in [7, 11) is 3.86. The second-order valence-electron chi connectivity index (χ2n) is 10.5. The van der Waals surface area contributed by atoms with Crippen molar-refractivity contribution in [2.24, 2.45) is 12.5 Å². The number of carbonyl (C=O) groups is 1. The maximum atomic E-state index is 13.7. The highest BCUT2D eigenvalue weighted by Crippen LogP contribution is 2.49. The second kappa shape index (κ2) is 9.90. The Bertz CT molecular complexity index is 1400. The second-order valence-corrected chi connectivity index (χ2v) is 10.5. The van der Waals surface area contributed by atoms with Crippen molar-refractivity contribution in [1.82, 2.24) is 25.0 Å². The van der Waals surface area contributed by atoms with E-state index in [1.807, 2.05) is 6.07 Å². The molecule has 7 nitrogen and oxygen atoms in total. The number of carbonyl (C=O) groups excluding carboxylic acids is 1. The molecule has 2 fully saturated rings. The van der Waals surface area contributed by atoms with E-state index in [1.165, 1.54) is 17.3 Å². The minimum absolute atomic E-state index is 0.182. The molecular weight excluding hydrogens is 493 g/mol. The average Bonchev–Trinajstić information content (AvgIpc) is 3.46. The molecule has 3 heterocycles. The molecule has 0 radical (unpaired) electrons. The predicted octanol–water partition coefficient (Wildman–Crippen LogP) is 4.88. The Morgan fingerprint density at radius 3 is 2.71 bits per heavy atom. The Kier molecular flexibility index (Phi) is 6.77. The van der Waals surface area contributed by atoms with E-state index in [0.717, 1.165) is 31.6 Å². The van der Waals surface area contributed by atoms with Gasteiger partial charge in [-0.2, -0.15) is 18.3 Å². The van der Waals surface area contributed by atoms with Crippen molar-refractivity contribution in [2.75, 3.05) is 32.0 Å². The van der Waals surface area contributed by atoms with Gasteiger partial charge in [-0.15, -0.1) is 0 Å². The molecule has 1 saturated carbocycles. The van der Waals surface area contributed by atoms with Crippen LogP contribution in [0.4, 0.5) is 18.9 Å². The fraction of sp³-hybridized carbons (Fsp3) is 0.393. The van der Waals surface area contributed by atoms with Crippen LogP contribution in [0.15, 0.2) is 49.3 Å². The molecule has 5 rings (SSSR count). The number of hydrogen-bond donors (Lipinski definition) is 2. The summed E-state index contributed by atoms with van der Waals surface area (Å²) in [6.45, 7) is 5.69. The minimum atomic E-state index is -4.61. The summed E-state index contributed by atoms with van der Waals surface area (Å²) in [5.41, 5.74) is 0.725. The van der Waals surface area contributed by atoms with Gasteiger partial charge in [0.05, 0.1) is 28.7 Å². The first-order valence-corrected chi connectivity index (χ1v) is 12.6. The topological polar surface area (TPSA) is 75.1 Å². The fourth-order valence-electron chi connectivity index (χ4n) is 5.64. The summed E-state index contributed by atoms with van der Waals surface area (Å²) in [6, 6.07) is 7.35. The summed E-state index contributed by atoms with van der Waals surface area (Å²) < 4.78 is 42.6. The number of likely N-dealkylation sites (tertiary alicyclic amines) is 1. The van der Waals surface area contributed by atoms with Gasteiger partial charge in [0.25, 0.3) is 5.91 Å². The predicted molar refractivity (Wildman–Crippen MR) is 143 cm³/mol. The lowest BCUT2D eigenvalue weighted by Crippen LogP contribution is -2.46. The number of rotatable bonds is 7. The lowest BCUT2D eigenvalue weighted by Gasteiger charge is -2.46. The molecule has 38 heavy (non-hydrogen) atoms. The van der Waals surface area contributed by atoms with Crippen molar-refractivity contribution in [1.29, 1.82) is 0 Å². The number of allylic oxidation sites excluding steroid dienone is 1. The van der Waals surface area contributed by atoms with Gasteiger partial charge in [0.1, 0.15) is 0 Å². The van der Waals surface area contributed by atoms with Crippen LogP contribution in [-0.2, 0) is 7.05 Å². The number of pyridine rings is 1. The summed E-state index contributed by atoms with van der Waals surface area (Å²) in [6.07, 6.45) is 4.99. The molecule has 10 heteroatoms. The summed E-state index contributed by atoms with van der Waals surface area (Å²) in [5, 5.41) is 11.3. The molecule has 2 aliphatic rings. The molecule has 1 saturated heterocycles. The van der Waals surface area contributed by atoms with Crippen LogP contribution >= 0.6 is 0 Å². The lowest BCUT2D eigenvalue weighted by atomic mass is 9.65. The molecule has 2 aromatic heterocycles. The third kappa shape index (κ3) is 5.31. The molecule has 1 spiro atoms. The molecule has 1 aliphatic heterocycles. The van der Waals surface area contributed by atoms with E-state index < -0.39 is 11.7 Å². The van der Waals surface area contributed by atoms with Crippen molar-refractivity contribution >= 4 is 34.0 Å². The number of amides is 1. The molecule has 3 aromatic rings. The highest BCUT2D eigenvalue weighted by atomic mass is 19.4. The van der Waals surface area contributed by atoms with Crippen molar-refractivity contribution in [3.8, 4) is 0 Å². The average molecular weight is 525 g/mol. The van der Waals surface area contributed by atoms with Crippen LogP contribution < -0.4 is 10.6 Å². The Labute approximate surface area is 219 Å².